The van der Waals surface area contributed by atoms with E-state index in [0.717, 1.165) is 17.8 Å². The van der Waals surface area contributed by atoms with Crippen LogP contribution in [0.4, 0.5) is 9.59 Å². The molecule has 184 valence electrons. The van der Waals surface area contributed by atoms with Gasteiger partial charge in [0.25, 0.3) is 0 Å². The van der Waals surface area contributed by atoms with Crippen LogP contribution in [-0.2, 0) is 22.3 Å². The van der Waals surface area contributed by atoms with Gasteiger partial charge in [0.05, 0.1) is 12.7 Å². The number of aromatic nitrogens is 4. The number of nitrogens with one attached hydrogen (secondary N) is 4. The second-order valence-electron chi connectivity index (χ2n) is 8.93. The fraction of sp³-hybridized carbons (Fsp3) is 0.571. The molecule has 0 atom stereocenters. The Morgan fingerprint density at radius 3 is 1.73 bits per heavy atom. The zero-order valence-electron chi connectivity index (χ0n) is 20.2. The van der Waals surface area contributed by atoms with E-state index in [4.69, 9.17) is 15.2 Å². The van der Waals surface area contributed by atoms with Gasteiger partial charge < -0.3 is 25.2 Å². The van der Waals surface area contributed by atoms with Crippen LogP contribution in [0.25, 0.3) is 0 Å². The third-order valence-corrected chi connectivity index (χ3v) is 3.41. The first kappa shape index (κ1) is 27.6. The quantitative estimate of drug-likeness (QED) is 0.333. The molecule has 2 aromatic rings. The van der Waals surface area contributed by atoms with E-state index >= 15 is 0 Å². The Bertz CT molecular complexity index is 818. The SMILES string of the molecule is CC(C)(C)OC(=O)NC(=NCCc1cnc[nH]1)NC(=O)OC(C)(C)C.NCCc1cnc[nH]1. The normalized spacial score (nSPS) is 11.0. The number of imidazole rings is 2. The molecule has 6 N–H and O–H groups in total. The minimum atomic E-state index is -0.719. The van der Waals surface area contributed by atoms with Gasteiger partial charge in [-0.3, -0.25) is 15.6 Å². The summed E-state index contributed by atoms with van der Waals surface area (Å²) in [5.41, 5.74) is 5.92. The van der Waals surface area contributed by atoms with Gasteiger partial charge in [0.1, 0.15) is 11.2 Å². The number of aromatic amines is 2. The standard InChI is InChI=1S/C16H27N5O4.C5H9N3/c1-15(2,3)24-13(22)20-12(21-14(23)25-16(4,5)6)18-8-7-11-9-17-10-19-11;6-2-1-5-3-7-4-8-5/h9-10H,7-8H2,1-6H3,(H,17,19)(H2,18,20,21,22,23);3-4H,1-2,6H2,(H,7,8). The van der Waals surface area contributed by atoms with Gasteiger partial charge in [-0.2, -0.15) is 0 Å². The van der Waals surface area contributed by atoms with E-state index in [2.05, 4.69) is 35.6 Å². The van der Waals surface area contributed by atoms with E-state index < -0.39 is 23.4 Å². The van der Waals surface area contributed by atoms with Crippen LogP contribution in [0.15, 0.2) is 30.0 Å². The number of nitrogens with two attached hydrogens (primary N) is 1. The topological polar surface area (TPSA) is 172 Å². The molecule has 12 nitrogen and oxygen atoms in total. The van der Waals surface area contributed by atoms with Gasteiger partial charge in [0.2, 0.25) is 5.96 Å². The van der Waals surface area contributed by atoms with Crippen molar-refractivity contribution in [3.63, 3.8) is 0 Å². The Morgan fingerprint density at radius 2 is 1.36 bits per heavy atom. The van der Waals surface area contributed by atoms with Gasteiger partial charge in [-0.15, -0.1) is 0 Å². The average molecular weight is 465 g/mol. The maximum atomic E-state index is 11.9. The predicted octanol–water partition coefficient (Wildman–Crippen LogP) is 2.27. The smallest absolute Gasteiger partial charge is 0.414 e. The molecule has 2 heterocycles. The van der Waals surface area contributed by atoms with Crippen LogP contribution >= 0.6 is 0 Å². The molecule has 0 aliphatic rings. The lowest BCUT2D eigenvalue weighted by atomic mass is 10.2. The Labute approximate surface area is 194 Å². The van der Waals surface area contributed by atoms with Crippen molar-refractivity contribution in [2.45, 2.75) is 65.6 Å². The molecule has 0 radical (unpaired) electrons. The van der Waals surface area contributed by atoms with Crippen LogP contribution in [0.5, 0.6) is 0 Å². The number of amides is 2. The summed E-state index contributed by atoms with van der Waals surface area (Å²) in [4.78, 5) is 41.6. The predicted molar refractivity (Wildman–Crippen MR) is 125 cm³/mol. The molecule has 0 unspecified atom stereocenters. The Morgan fingerprint density at radius 1 is 0.909 bits per heavy atom. The third kappa shape index (κ3) is 14.3. The highest BCUT2D eigenvalue weighted by Gasteiger charge is 2.21. The lowest BCUT2D eigenvalue weighted by Gasteiger charge is -2.22. The van der Waals surface area contributed by atoms with Crippen molar-refractivity contribution < 1.29 is 19.1 Å². The van der Waals surface area contributed by atoms with E-state index in [1.807, 2.05) is 0 Å². The minimum absolute atomic E-state index is 0.0389. The zero-order chi connectivity index (χ0) is 24.9. The lowest BCUT2D eigenvalue weighted by Crippen LogP contribution is -2.47. The highest BCUT2D eigenvalue weighted by molar-refractivity contribution is 6.01. The van der Waals surface area contributed by atoms with Crippen LogP contribution in [0.3, 0.4) is 0 Å². The van der Waals surface area contributed by atoms with Crippen LogP contribution in [-0.4, -0.2) is 62.4 Å². The number of H-pyrrole nitrogens is 2. The number of alkyl carbamates (subject to hydrolysis) is 2. The number of rotatable bonds is 5. The molecule has 0 bridgehead atoms. The van der Waals surface area contributed by atoms with Crippen LogP contribution < -0.4 is 16.4 Å². The summed E-state index contributed by atoms with van der Waals surface area (Å²) in [6.45, 7) is 11.4. The number of carbonyl (C=O) groups is 2. The average Bonchev–Trinajstić information content (AvgIpc) is 3.33. The van der Waals surface area contributed by atoms with E-state index in [-0.39, 0.29) is 5.96 Å². The van der Waals surface area contributed by atoms with Gasteiger partial charge in [0, 0.05) is 43.2 Å². The molecule has 33 heavy (non-hydrogen) atoms. The molecule has 0 aromatic carbocycles. The highest BCUT2D eigenvalue weighted by Crippen LogP contribution is 2.07. The van der Waals surface area contributed by atoms with Crippen molar-refractivity contribution >= 4 is 18.1 Å². The van der Waals surface area contributed by atoms with Crippen molar-refractivity contribution in [1.29, 1.82) is 0 Å². The Hall–Kier alpha value is -3.41. The molecule has 2 rings (SSSR count). The second kappa shape index (κ2) is 13.2. The molecule has 0 saturated carbocycles. The van der Waals surface area contributed by atoms with Crippen molar-refractivity contribution in [1.82, 2.24) is 30.6 Å². The van der Waals surface area contributed by atoms with Gasteiger partial charge >= 0.3 is 12.2 Å². The number of hydrogen-bond donors (Lipinski definition) is 5. The molecule has 0 aliphatic carbocycles. The molecular formula is C21H36N8O4. The van der Waals surface area contributed by atoms with Gasteiger partial charge in [-0.05, 0) is 48.1 Å². The zero-order valence-corrected chi connectivity index (χ0v) is 20.2. The number of carbonyl (C=O) groups excluding carboxylic acids is 2. The molecule has 0 fully saturated rings. The second-order valence-corrected chi connectivity index (χ2v) is 8.93. The van der Waals surface area contributed by atoms with E-state index in [1.54, 1.807) is 66.6 Å². The number of nitrogens with zero attached hydrogens (tertiary/aromatic N) is 3. The summed E-state index contributed by atoms with van der Waals surface area (Å²) < 4.78 is 10.3. The van der Waals surface area contributed by atoms with E-state index in [9.17, 15) is 9.59 Å². The summed E-state index contributed by atoms with van der Waals surface area (Å²) in [6, 6.07) is 0. The summed E-state index contributed by atoms with van der Waals surface area (Å²) >= 11 is 0. The molecule has 0 saturated heterocycles. The first-order valence-corrected chi connectivity index (χ1v) is 10.6. The van der Waals surface area contributed by atoms with Crippen molar-refractivity contribution in [3.8, 4) is 0 Å². The largest absolute Gasteiger partial charge is 0.444 e. The number of hydrogen-bond acceptors (Lipinski definition) is 8. The molecule has 2 amide bonds. The summed E-state index contributed by atoms with van der Waals surface area (Å²) in [6.07, 6.45) is 6.70. The number of aliphatic imine (C=N–C) groups is 1. The molecule has 12 heteroatoms. The van der Waals surface area contributed by atoms with Crippen molar-refractivity contribution in [2.24, 2.45) is 10.7 Å². The van der Waals surface area contributed by atoms with Crippen LogP contribution in [0.2, 0.25) is 0 Å². The van der Waals surface area contributed by atoms with Crippen LogP contribution in [0, 0.1) is 0 Å². The van der Waals surface area contributed by atoms with Gasteiger partial charge in [-0.1, -0.05) is 0 Å². The number of guanidine groups is 1. The lowest BCUT2D eigenvalue weighted by molar-refractivity contribution is 0.0545. The molecular weight excluding hydrogens is 428 g/mol. The fourth-order valence-electron chi connectivity index (χ4n) is 2.20. The third-order valence-electron chi connectivity index (χ3n) is 3.41. The monoisotopic (exact) mass is 464 g/mol. The maximum absolute atomic E-state index is 11.9. The molecule has 0 spiro atoms. The maximum Gasteiger partial charge on any atom is 0.414 e. The van der Waals surface area contributed by atoms with E-state index in [1.165, 1.54) is 0 Å². The van der Waals surface area contributed by atoms with Gasteiger partial charge in [-0.25, -0.2) is 19.6 Å². The first-order chi connectivity index (χ1) is 15.4. The Kier molecular flexibility index (Phi) is 11.1. The molecule has 2 aromatic heterocycles. The molecule has 0 aliphatic heterocycles. The van der Waals surface area contributed by atoms with Crippen molar-refractivity contribution in [2.75, 3.05) is 13.1 Å². The van der Waals surface area contributed by atoms with Gasteiger partial charge in [0.15, 0.2) is 0 Å². The summed E-state index contributed by atoms with van der Waals surface area (Å²) in [5, 5.41) is 4.84. The minimum Gasteiger partial charge on any atom is -0.444 e. The fourth-order valence-corrected chi connectivity index (χ4v) is 2.20. The van der Waals surface area contributed by atoms with E-state index in [0.29, 0.717) is 19.5 Å². The summed E-state index contributed by atoms with van der Waals surface area (Å²) in [7, 11) is 0. The first-order valence-electron chi connectivity index (χ1n) is 10.6. The summed E-state index contributed by atoms with van der Waals surface area (Å²) in [5.74, 6) is -0.0389. The highest BCUT2D eigenvalue weighted by atomic mass is 16.6. The Balaban J connectivity index is 0.000000568. The van der Waals surface area contributed by atoms with Crippen LogP contribution in [0.1, 0.15) is 52.9 Å². The van der Waals surface area contributed by atoms with Crippen molar-refractivity contribution in [3.05, 3.63) is 36.4 Å². The number of ether oxygens (including phenoxy) is 2.